The number of ether oxygens (including phenoxy) is 1. The second-order valence-corrected chi connectivity index (χ2v) is 15.9. The lowest BCUT2D eigenvalue weighted by molar-refractivity contribution is -0.153. The summed E-state index contributed by atoms with van der Waals surface area (Å²) in [5.41, 5.74) is -1.21. The largest absolute Gasteiger partial charge is 0.468 e. The van der Waals surface area contributed by atoms with Crippen LogP contribution < -0.4 is 10.4 Å². The molecule has 2 aromatic carbocycles. The molecule has 0 bridgehead atoms. The molecule has 1 fully saturated rings. The fourth-order valence-electron chi connectivity index (χ4n) is 6.14. The molecule has 5 heteroatoms. The number of hydrogen-bond donors (Lipinski definition) is 0. The van der Waals surface area contributed by atoms with Crippen LogP contribution in [0.5, 0.6) is 0 Å². The van der Waals surface area contributed by atoms with Gasteiger partial charge in [0.25, 0.3) is 8.32 Å². The third kappa shape index (κ3) is 4.91. The lowest BCUT2D eigenvalue weighted by atomic mass is 9.54. The number of Topliss-reactive ketones (excluding diaryl/α,β-unsaturated/α-hetero) is 1. The summed E-state index contributed by atoms with van der Waals surface area (Å²) in [6, 6.07) is 21.0. The van der Waals surface area contributed by atoms with Gasteiger partial charge in [-0.25, -0.2) is 0 Å². The maximum Gasteiger partial charge on any atom is 0.315 e. The predicted octanol–water partition coefficient (Wildman–Crippen LogP) is 5.86. The Hall–Kier alpha value is -2.76. The molecule has 1 aliphatic carbocycles. The van der Waals surface area contributed by atoms with Crippen LogP contribution in [0.25, 0.3) is 0 Å². The zero-order valence-electron chi connectivity index (χ0n) is 23.3. The third-order valence-corrected chi connectivity index (χ3v) is 13.6. The van der Waals surface area contributed by atoms with E-state index >= 15 is 0 Å². The van der Waals surface area contributed by atoms with E-state index < -0.39 is 19.1 Å². The fraction of sp³-hybridized carbons (Fsp3) is 0.438. The first-order valence-electron chi connectivity index (χ1n) is 13.1. The number of carbonyl (C=O) groups is 2. The van der Waals surface area contributed by atoms with Gasteiger partial charge in [-0.3, -0.25) is 9.59 Å². The highest BCUT2D eigenvalue weighted by molar-refractivity contribution is 6.99. The number of carbonyl (C=O) groups excluding carboxylic acids is 2. The van der Waals surface area contributed by atoms with Gasteiger partial charge in [-0.05, 0) is 53.6 Å². The number of allylic oxidation sites excluding steroid dienone is 1. The topological polar surface area (TPSA) is 52.6 Å². The van der Waals surface area contributed by atoms with Crippen molar-refractivity contribution in [3.05, 3.63) is 85.5 Å². The number of esters is 1. The molecule has 0 amide bonds. The minimum atomic E-state index is -2.70. The van der Waals surface area contributed by atoms with Crippen LogP contribution in [0.3, 0.4) is 0 Å². The Labute approximate surface area is 223 Å². The van der Waals surface area contributed by atoms with Gasteiger partial charge in [-0.2, -0.15) is 0 Å². The van der Waals surface area contributed by atoms with Crippen LogP contribution in [0.15, 0.2) is 85.5 Å². The minimum Gasteiger partial charge on any atom is -0.468 e. The SMILES string of the molecule is C=C[C@@H](CCO[Si](c1ccccc1)(c1ccccc1)C(C)(C)C)[C@]1(C)C(=C)[C@@](C)(C(=O)OC)CCC1=O. The lowest BCUT2D eigenvalue weighted by Gasteiger charge is -2.48. The molecule has 198 valence electrons. The van der Waals surface area contributed by atoms with Gasteiger partial charge < -0.3 is 9.16 Å². The average Bonchev–Trinajstić information content (AvgIpc) is 2.89. The van der Waals surface area contributed by atoms with Gasteiger partial charge in [0, 0.05) is 13.0 Å². The van der Waals surface area contributed by atoms with Gasteiger partial charge in [-0.15, -0.1) is 6.58 Å². The van der Waals surface area contributed by atoms with Crippen LogP contribution in [0, 0.1) is 16.7 Å². The molecule has 37 heavy (non-hydrogen) atoms. The maximum absolute atomic E-state index is 13.4. The van der Waals surface area contributed by atoms with E-state index in [1.165, 1.54) is 17.5 Å². The van der Waals surface area contributed by atoms with E-state index in [2.05, 4.69) is 82.5 Å². The highest BCUT2D eigenvalue weighted by Gasteiger charge is 2.55. The highest BCUT2D eigenvalue weighted by atomic mass is 28.4. The molecular formula is C32H42O4Si. The molecule has 0 aliphatic heterocycles. The molecule has 3 rings (SSSR count). The summed E-state index contributed by atoms with van der Waals surface area (Å²) in [4.78, 5) is 26.1. The Morgan fingerprint density at radius 1 is 1.05 bits per heavy atom. The first-order valence-corrected chi connectivity index (χ1v) is 15.0. The van der Waals surface area contributed by atoms with E-state index in [4.69, 9.17) is 9.16 Å². The van der Waals surface area contributed by atoms with Crippen molar-refractivity contribution in [2.75, 3.05) is 13.7 Å². The Kier molecular flexibility index (Phi) is 8.50. The third-order valence-electron chi connectivity index (χ3n) is 8.55. The van der Waals surface area contributed by atoms with E-state index in [1.54, 1.807) is 0 Å². The smallest absolute Gasteiger partial charge is 0.315 e. The van der Waals surface area contributed by atoms with Gasteiger partial charge >= 0.3 is 5.97 Å². The van der Waals surface area contributed by atoms with Crippen LogP contribution in [0.1, 0.15) is 53.9 Å². The van der Waals surface area contributed by atoms with E-state index in [9.17, 15) is 9.59 Å². The van der Waals surface area contributed by atoms with E-state index in [0.29, 0.717) is 31.4 Å². The van der Waals surface area contributed by atoms with Crippen LogP contribution in [-0.4, -0.2) is 33.8 Å². The van der Waals surface area contributed by atoms with Crippen molar-refractivity contribution in [3.63, 3.8) is 0 Å². The second kappa shape index (κ2) is 10.9. The Bertz CT molecular complexity index is 1090. The monoisotopic (exact) mass is 518 g/mol. The number of methoxy groups -OCH3 is 1. The standard InChI is InChI=1S/C32H42O4Si/c1-9-25(32(7)24(2)31(6,29(34)35-8)22-20-28(32)33)21-23-36-37(30(3,4)5,26-16-12-10-13-17-26)27-18-14-11-15-19-27/h9-19,25H,1-2,20-23H2,3-8H3/t25-,31-,32-/m0/s1. The van der Waals surface area contributed by atoms with Gasteiger partial charge in [0.05, 0.1) is 17.9 Å². The van der Waals surface area contributed by atoms with Crippen molar-refractivity contribution in [3.8, 4) is 0 Å². The van der Waals surface area contributed by atoms with E-state index in [1.807, 2.05) is 32.1 Å². The quantitative estimate of drug-likeness (QED) is 0.237. The van der Waals surface area contributed by atoms with Gasteiger partial charge in [-0.1, -0.05) is 94.1 Å². The molecule has 4 nitrogen and oxygen atoms in total. The Morgan fingerprint density at radius 3 is 2.00 bits per heavy atom. The van der Waals surface area contributed by atoms with Gasteiger partial charge in [0.15, 0.2) is 0 Å². The number of ketones is 1. The summed E-state index contributed by atoms with van der Waals surface area (Å²) in [7, 11) is -1.32. The zero-order valence-corrected chi connectivity index (χ0v) is 24.3. The molecule has 0 heterocycles. The zero-order chi connectivity index (χ0) is 27.5. The molecule has 0 radical (unpaired) electrons. The van der Waals surface area contributed by atoms with Crippen LogP contribution in [-0.2, 0) is 18.8 Å². The predicted molar refractivity (Wildman–Crippen MR) is 153 cm³/mol. The summed E-state index contributed by atoms with van der Waals surface area (Å²) < 4.78 is 12.2. The molecule has 2 aromatic rings. The molecule has 3 atom stereocenters. The minimum absolute atomic E-state index is 0.0919. The Morgan fingerprint density at radius 2 is 1.57 bits per heavy atom. The van der Waals surface area contributed by atoms with Crippen molar-refractivity contribution < 1.29 is 18.8 Å². The average molecular weight is 519 g/mol. The maximum atomic E-state index is 13.4. The summed E-state index contributed by atoms with van der Waals surface area (Å²) >= 11 is 0. The summed E-state index contributed by atoms with van der Waals surface area (Å²) in [5.74, 6) is -0.480. The number of benzene rings is 2. The van der Waals surface area contributed by atoms with Crippen molar-refractivity contribution >= 4 is 30.4 Å². The Balaban J connectivity index is 1.98. The summed E-state index contributed by atoms with van der Waals surface area (Å²) in [6.45, 7) is 19.3. The highest BCUT2D eigenvalue weighted by Crippen LogP contribution is 2.53. The van der Waals surface area contributed by atoms with E-state index in [-0.39, 0.29) is 22.7 Å². The van der Waals surface area contributed by atoms with Gasteiger partial charge in [0.1, 0.15) is 5.78 Å². The van der Waals surface area contributed by atoms with Crippen molar-refractivity contribution in [1.29, 1.82) is 0 Å². The number of hydrogen-bond acceptors (Lipinski definition) is 4. The molecule has 1 saturated carbocycles. The lowest BCUT2D eigenvalue weighted by Crippen LogP contribution is -2.66. The van der Waals surface area contributed by atoms with Gasteiger partial charge in [0.2, 0.25) is 0 Å². The first kappa shape index (κ1) is 28.8. The summed E-state index contributed by atoms with van der Waals surface area (Å²) in [6.07, 6.45) is 3.14. The second-order valence-electron chi connectivity index (χ2n) is 11.6. The molecule has 0 saturated heterocycles. The molecular weight excluding hydrogens is 476 g/mol. The normalized spacial score (nSPS) is 23.4. The molecule has 0 unspecified atom stereocenters. The van der Waals surface area contributed by atoms with Crippen LogP contribution in [0.4, 0.5) is 0 Å². The molecule has 1 aliphatic rings. The molecule has 0 N–H and O–H groups in total. The number of rotatable bonds is 9. The van der Waals surface area contributed by atoms with Crippen molar-refractivity contribution in [2.45, 2.75) is 58.9 Å². The molecule has 0 spiro atoms. The summed E-state index contributed by atoms with van der Waals surface area (Å²) in [5, 5.41) is 2.29. The molecule has 0 aromatic heterocycles. The van der Waals surface area contributed by atoms with Crippen LogP contribution >= 0.6 is 0 Å². The van der Waals surface area contributed by atoms with Crippen molar-refractivity contribution in [2.24, 2.45) is 16.7 Å². The van der Waals surface area contributed by atoms with Crippen LogP contribution in [0.2, 0.25) is 5.04 Å². The van der Waals surface area contributed by atoms with Crippen molar-refractivity contribution in [1.82, 2.24) is 0 Å². The van der Waals surface area contributed by atoms with E-state index in [0.717, 1.165) is 0 Å². The first-order chi connectivity index (χ1) is 17.4. The fourth-order valence-corrected chi connectivity index (χ4v) is 10.7.